The first kappa shape index (κ1) is 17.2. The highest BCUT2D eigenvalue weighted by atomic mass is 15.2. The average molecular weight is 296 g/mol. The van der Waals surface area contributed by atoms with Crippen LogP contribution in [0.2, 0.25) is 0 Å². The molecule has 1 N–H and O–H groups in total. The Bertz CT molecular complexity index is 278. The Morgan fingerprint density at radius 2 is 0.905 bits per heavy atom. The minimum atomic E-state index is 0.336. The monoisotopic (exact) mass is 295 g/mol. The molecule has 21 heavy (non-hydrogen) atoms. The zero-order chi connectivity index (χ0) is 15.7. The number of rotatable bonds is 2. The second-order valence-electron chi connectivity index (χ2n) is 9.03. The van der Waals surface area contributed by atoms with E-state index in [1.54, 1.807) is 0 Å². The summed E-state index contributed by atoms with van der Waals surface area (Å²) in [4.78, 5) is 5.26. The molecule has 2 saturated heterocycles. The summed E-state index contributed by atoms with van der Waals surface area (Å²) in [5.74, 6) is 0. The van der Waals surface area contributed by atoms with Gasteiger partial charge in [-0.1, -0.05) is 0 Å². The van der Waals surface area contributed by atoms with E-state index in [-0.39, 0.29) is 0 Å². The minimum absolute atomic E-state index is 0.336. The zero-order valence-electron chi connectivity index (χ0n) is 15.2. The van der Waals surface area contributed by atoms with Crippen molar-refractivity contribution in [2.24, 2.45) is 0 Å². The van der Waals surface area contributed by atoms with Gasteiger partial charge >= 0.3 is 0 Å². The van der Waals surface area contributed by atoms with Crippen LogP contribution in [-0.4, -0.2) is 59.1 Å². The molecule has 3 heteroatoms. The van der Waals surface area contributed by atoms with Gasteiger partial charge in [0, 0.05) is 49.3 Å². The number of piperidine rings is 2. The van der Waals surface area contributed by atoms with Crippen molar-refractivity contribution < 1.29 is 0 Å². The molecule has 3 nitrogen and oxygen atoms in total. The van der Waals surface area contributed by atoms with E-state index < -0.39 is 0 Å². The van der Waals surface area contributed by atoms with Gasteiger partial charge in [0.1, 0.15) is 0 Å². The fourth-order valence-corrected chi connectivity index (χ4v) is 3.77. The maximum Gasteiger partial charge on any atom is 0.0125 e. The topological polar surface area (TPSA) is 18.5 Å². The van der Waals surface area contributed by atoms with E-state index in [0.29, 0.717) is 11.1 Å². The van der Waals surface area contributed by atoms with Gasteiger partial charge in [-0.3, -0.25) is 9.80 Å². The molecule has 0 spiro atoms. The average Bonchev–Trinajstić information content (AvgIpc) is 2.38. The molecule has 0 saturated carbocycles. The summed E-state index contributed by atoms with van der Waals surface area (Å²) < 4.78 is 0. The SMILES string of the molecule is CC(C)(C)N1CCC(NC2CCN(C(C)(C)C)CC2)CC1. The molecule has 0 aromatic heterocycles. The van der Waals surface area contributed by atoms with Crippen LogP contribution in [0.3, 0.4) is 0 Å². The van der Waals surface area contributed by atoms with E-state index >= 15 is 0 Å². The largest absolute Gasteiger partial charge is 0.311 e. The maximum atomic E-state index is 3.95. The third-order valence-electron chi connectivity index (χ3n) is 5.36. The fraction of sp³-hybridized carbons (Fsp3) is 1.00. The van der Waals surface area contributed by atoms with Crippen molar-refractivity contribution in [3.8, 4) is 0 Å². The molecule has 0 atom stereocenters. The molecule has 0 amide bonds. The molecule has 2 fully saturated rings. The molecule has 0 bridgehead atoms. The Labute approximate surface area is 132 Å². The zero-order valence-corrected chi connectivity index (χ0v) is 15.2. The maximum absolute atomic E-state index is 3.95. The van der Waals surface area contributed by atoms with E-state index in [1.807, 2.05) is 0 Å². The van der Waals surface area contributed by atoms with E-state index in [9.17, 15) is 0 Å². The number of hydrogen-bond acceptors (Lipinski definition) is 3. The van der Waals surface area contributed by atoms with Crippen LogP contribution in [0.4, 0.5) is 0 Å². The second-order valence-corrected chi connectivity index (χ2v) is 9.03. The van der Waals surface area contributed by atoms with Crippen molar-refractivity contribution >= 4 is 0 Å². The van der Waals surface area contributed by atoms with Crippen molar-refractivity contribution in [1.29, 1.82) is 0 Å². The van der Waals surface area contributed by atoms with Gasteiger partial charge in [-0.25, -0.2) is 0 Å². The Morgan fingerprint density at radius 1 is 0.619 bits per heavy atom. The predicted molar refractivity (Wildman–Crippen MR) is 91.8 cm³/mol. The van der Waals surface area contributed by atoms with Crippen LogP contribution in [0, 0.1) is 0 Å². The molecule has 0 unspecified atom stereocenters. The number of nitrogens with zero attached hydrogens (tertiary/aromatic N) is 2. The van der Waals surface area contributed by atoms with Crippen molar-refractivity contribution in [3.05, 3.63) is 0 Å². The molecule has 2 aliphatic heterocycles. The number of likely N-dealkylation sites (tertiary alicyclic amines) is 2. The van der Waals surface area contributed by atoms with Gasteiger partial charge in [0.25, 0.3) is 0 Å². The molecule has 2 aliphatic rings. The quantitative estimate of drug-likeness (QED) is 0.844. The van der Waals surface area contributed by atoms with Crippen LogP contribution < -0.4 is 5.32 Å². The molecule has 2 heterocycles. The van der Waals surface area contributed by atoms with Gasteiger partial charge in [-0.05, 0) is 67.2 Å². The van der Waals surface area contributed by atoms with Crippen molar-refractivity contribution in [3.63, 3.8) is 0 Å². The predicted octanol–water partition coefficient (Wildman–Crippen LogP) is 3.10. The molecular formula is C18H37N3. The fourth-order valence-electron chi connectivity index (χ4n) is 3.77. The summed E-state index contributed by atoms with van der Waals surface area (Å²) in [7, 11) is 0. The van der Waals surface area contributed by atoms with Crippen LogP contribution in [0.25, 0.3) is 0 Å². The first-order valence-electron chi connectivity index (χ1n) is 8.92. The van der Waals surface area contributed by atoms with E-state index in [4.69, 9.17) is 0 Å². The van der Waals surface area contributed by atoms with Crippen LogP contribution in [0.1, 0.15) is 67.2 Å². The lowest BCUT2D eigenvalue weighted by molar-refractivity contribution is 0.0754. The number of hydrogen-bond donors (Lipinski definition) is 1. The summed E-state index contributed by atoms with van der Waals surface area (Å²) >= 11 is 0. The first-order chi connectivity index (χ1) is 9.66. The van der Waals surface area contributed by atoms with Gasteiger partial charge in [0.05, 0.1) is 0 Å². The van der Waals surface area contributed by atoms with E-state index in [1.165, 1.54) is 51.9 Å². The summed E-state index contributed by atoms with van der Waals surface area (Å²) in [5.41, 5.74) is 0.673. The van der Waals surface area contributed by atoms with Crippen LogP contribution >= 0.6 is 0 Å². The lowest BCUT2D eigenvalue weighted by Crippen LogP contribution is -2.54. The molecule has 2 rings (SSSR count). The third kappa shape index (κ3) is 4.94. The van der Waals surface area contributed by atoms with Gasteiger partial charge in [0.2, 0.25) is 0 Å². The summed E-state index contributed by atoms with van der Waals surface area (Å²) in [5, 5.41) is 3.95. The van der Waals surface area contributed by atoms with Gasteiger partial charge in [-0.2, -0.15) is 0 Å². The van der Waals surface area contributed by atoms with Gasteiger partial charge in [0.15, 0.2) is 0 Å². The van der Waals surface area contributed by atoms with Crippen LogP contribution in [-0.2, 0) is 0 Å². The Hall–Kier alpha value is -0.120. The molecule has 0 aromatic carbocycles. The van der Waals surface area contributed by atoms with Gasteiger partial charge < -0.3 is 5.32 Å². The Morgan fingerprint density at radius 3 is 1.14 bits per heavy atom. The highest BCUT2D eigenvalue weighted by Gasteiger charge is 2.30. The summed E-state index contributed by atoms with van der Waals surface area (Å²) in [6.45, 7) is 19.0. The van der Waals surface area contributed by atoms with E-state index in [0.717, 1.165) is 12.1 Å². The lowest BCUT2D eigenvalue weighted by Gasteiger charge is -2.44. The van der Waals surface area contributed by atoms with Crippen molar-refractivity contribution in [2.75, 3.05) is 26.2 Å². The highest BCUT2D eigenvalue weighted by molar-refractivity contribution is 4.89. The van der Waals surface area contributed by atoms with Crippen LogP contribution in [0.5, 0.6) is 0 Å². The molecule has 0 aliphatic carbocycles. The molecule has 0 radical (unpaired) electrons. The van der Waals surface area contributed by atoms with Crippen LogP contribution in [0.15, 0.2) is 0 Å². The van der Waals surface area contributed by atoms with Crippen molar-refractivity contribution in [2.45, 2.75) is 90.4 Å². The Kier molecular flexibility index (Phi) is 5.38. The summed E-state index contributed by atoms with van der Waals surface area (Å²) in [6.07, 6.45) is 5.26. The third-order valence-corrected chi connectivity index (χ3v) is 5.36. The summed E-state index contributed by atoms with van der Waals surface area (Å²) in [6, 6.07) is 1.49. The second kappa shape index (κ2) is 6.55. The van der Waals surface area contributed by atoms with Gasteiger partial charge in [-0.15, -0.1) is 0 Å². The molecular weight excluding hydrogens is 258 g/mol. The smallest absolute Gasteiger partial charge is 0.0125 e. The first-order valence-corrected chi connectivity index (χ1v) is 8.92. The Balaban J connectivity index is 1.71. The highest BCUT2D eigenvalue weighted by Crippen LogP contribution is 2.23. The molecule has 0 aromatic rings. The van der Waals surface area contributed by atoms with Crippen molar-refractivity contribution in [1.82, 2.24) is 15.1 Å². The molecule has 124 valence electrons. The van der Waals surface area contributed by atoms with E-state index in [2.05, 4.69) is 56.7 Å². The lowest BCUT2D eigenvalue weighted by atomic mass is 9.94. The number of nitrogens with one attached hydrogen (secondary N) is 1. The normalized spacial score (nSPS) is 25.4. The standard InChI is InChI=1S/C18H37N3/c1-17(2,3)20-11-7-15(8-12-20)19-16-9-13-21(14-10-16)18(4,5)6/h15-16,19H,7-14H2,1-6H3. The minimum Gasteiger partial charge on any atom is -0.311 e.